The van der Waals surface area contributed by atoms with Crippen LogP contribution in [0.3, 0.4) is 0 Å². The summed E-state index contributed by atoms with van der Waals surface area (Å²) in [5, 5.41) is 3.43. The summed E-state index contributed by atoms with van der Waals surface area (Å²) in [5.41, 5.74) is 2.05. The van der Waals surface area contributed by atoms with E-state index in [2.05, 4.69) is 10.3 Å². The van der Waals surface area contributed by atoms with E-state index in [0.717, 1.165) is 31.2 Å². The lowest BCUT2D eigenvalue weighted by Gasteiger charge is -2.23. The maximum absolute atomic E-state index is 12.9. The molecule has 27 heavy (non-hydrogen) atoms. The second kappa shape index (κ2) is 7.49. The van der Waals surface area contributed by atoms with Crippen LogP contribution >= 0.6 is 23.2 Å². The largest absolute Gasteiger partial charge is 0.349 e. The van der Waals surface area contributed by atoms with Gasteiger partial charge in [0.05, 0.1) is 10.6 Å². The molecule has 0 spiro atoms. The van der Waals surface area contributed by atoms with Crippen LogP contribution in [-0.4, -0.2) is 33.8 Å². The Hall–Kier alpha value is -2.11. The van der Waals surface area contributed by atoms with Crippen LogP contribution in [0.5, 0.6) is 0 Å². The van der Waals surface area contributed by atoms with E-state index in [1.165, 1.54) is 6.20 Å². The topological polar surface area (TPSA) is 62.3 Å². The minimum Gasteiger partial charge on any atom is -0.349 e. The third-order valence-electron chi connectivity index (χ3n) is 4.77. The highest BCUT2D eigenvalue weighted by atomic mass is 35.5. The Balaban J connectivity index is 1.47. The number of carbonyl (C=O) groups is 2. The molecular weight excluding hydrogens is 385 g/mol. The van der Waals surface area contributed by atoms with Crippen molar-refractivity contribution in [2.75, 3.05) is 0 Å². The molecule has 2 saturated carbocycles. The molecule has 2 aromatic rings. The number of nitrogens with zero attached hydrogens (tertiary/aromatic N) is 2. The average molecular weight is 404 g/mol. The molecule has 2 aliphatic rings. The number of amides is 2. The number of benzene rings is 1. The first-order valence-electron chi connectivity index (χ1n) is 9.03. The van der Waals surface area contributed by atoms with Crippen LogP contribution in [0.1, 0.15) is 52.0 Å². The molecule has 7 heteroatoms. The third kappa shape index (κ3) is 4.42. The van der Waals surface area contributed by atoms with E-state index in [1.54, 1.807) is 6.07 Å². The molecule has 1 aromatic carbocycles. The van der Waals surface area contributed by atoms with Crippen LogP contribution in [0, 0.1) is 0 Å². The minimum atomic E-state index is -0.112. The Kier molecular flexibility index (Phi) is 5.06. The van der Waals surface area contributed by atoms with E-state index in [9.17, 15) is 9.59 Å². The zero-order valence-corrected chi connectivity index (χ0v) is 16.1. The van der Waals surface area contributed by atoms with Crippen molar-refractivity contribution < 1.29 is 9.59 Å². The van der Waals surface area contributed by atoms with Gasteiger partial charge in [-0.25, -0.2) is 4.98 Å². The molecule has 4 rings (SSSR count). The fraction of sp³-hybridized carbons (Fsp3) is 0.350. The molecule has 1 aromatic heterocycles. The Morgan fingerprint density at radius 2 is 1.78 bits per heavy atom. The minimum absolute atomic E-state index is 0.0407. The maximum atomic E-state index is 12.9. The molecular formula is C20H19Cl2N3O2. The predicted molar refractivity (Wildman–Crippen MR) is 104 cm³/mol. The number of halogens is 2. The van der Waals surface area contributed by atoms with Crippen LogP contribution in [0.4, 0.5) is 0 Å². The number of rotatable bonds is 6. The van der Waals surface area contributed by atoms with E-state index in [0.29, 0.717) is 23.7 Å². The van der Waals surface area contributed by atoms with Gasteiger partial charge in [0.1, 0.15) is 5.15 Å². The number of pyridine rings is 1. The van der Waals surface area contributed by atoms with Gasteiger partial charge in [0, 0.05) is 30.4 Å². The summed E-state index contributed by atoms with van der Waals surface area (Å²) < 4.78 is 0. The van der Waals surface area contributed by atoms with E-state index < -0.39 is 0 Å². The molecule has 1 N–H and O–H groups in total. The van der Waals surface area contributed by atoms with Crippen molar-refractivity contribution in [3.8, 4) is 0 Å². The second-order valence-electron chi connectivity index (χ2n) is 7.11. The first-order valence-corrected chi connectivity index (χ1v) is 9.78. The fourth-order valence-corrected chi connectivity index (χ4v) is 3.18. The number of hydrogen-bond acceptors (Lipinski definition) is 3. The maximum Gasteiger partial charge on any atom is 0.256 e. The molecule has 5 nitrogen and oxygen atoms in total. The molecule has 0 radical (unpaired) electrons. The van der Waals surface area contributed by atoms with Crippen LogP contribution in [-0.2, 0) is 6.54 Å². The molecule has 140 valence electrons. The molecule has 0 unspecified atom stereocenters. The van der Waals surface area contributed by atoms with Crippen molar-refractivity contribution in [1.82, 2.24) is 15.2 Å². The van der Waals surface area contributed by atoms with Crippen LogP contribution in [0.15, 0.2) is 36.5 Å². The molecule has 2 amide bonds. The van der Waals surface area contributed by atoms with Crippen LogP contribution in [0.25, 0.3) is 0 Å². The van der Waals surface area contributed by atoms with Crippen molar-refractivity contribution in [2.24, 2.45) is 0 Å². The summed E-state index contributed by atoms with van der Waals surface area (Å²) in [7, 11) is 0. The molecule has 2 fully saturated rings. The van der Waals surface area contributed by atoms with Crippen molar-refractivity contribution in [3.63, 3.8) is 0 Å². The number of nitrogens with one attached hydrogen (secondary N) is 1. The van der Waals surface area contributed by atoms with Gasteiger partial charge in [0.2, 0.25) is 0 Å². The number of hydrogen-bond donors (Lipinski definition) is 1. The van der Waals surface area contributed by atoms with E-state index in [-0.39, 0.29) is 28.0 Å². The highest BCUT2D eigenvalue weighted by Crippen LogP contribution is 2.31. The van der Waals surface area contributed by atoms with Gasteiger partial charge in [0.15, 0.2) is 0 Å². The summed E-state index contributed by atoms with van der Waals surface area (Å²) in [6.45, 7) is 0.480. The molecule has 0 atom stereocenters. The summed E-state index contributed by atoms with van der Waals surface area (Å²) in [5.74, 6) is -0.153. The van der Waals surface area contributed by atoms with Gasteiger partial charge in [-0.15, -0.1) is 0 Å². The highest BCUT2D eigenvalue weighted by molar-refractivity contribution is 6.41. The zero-order valence-electron chi connectivity index (χ0n) is 14.6. The quantitative estimate of drug-likeness (QED) is 0.738. The van der Waals surface area contributed by atoms with Gasteiger partial charge in [-0.3, -0.25) is 9.59 Å². The summed E-state index contributed by atoms with van der Waals surface area (Å²) in [6.07, 6.45) is 5.56. The Bertz CT molecular complexity index is 877. The normalized spacial score (nSPS) is 16.1. The summed E-state index contributed by atoms with van der Waals surface area (Å²) in [6, 6.07) is 9.53. The van der Waals surface area contributed by atoms with Crippen molar-refractivity contribution >= 4 is 35.0 Å². The van der Waals surface area contributed by atoms with Gasteiger partial charge in [-0.05, 0) is 49.4 Å². The third-order valence-corrected chi connectivity index (χ3v) is 5.46. The first-order chi connectivity index (χ1) is 13.0. The van der Waals surface area contributed by atoms with E-state index in [1.807, 2.05) is 29.2 Å². The smallest absolute Gasteiger partial charge is 0.256 e. The van der Waals surface area contributed by atoms with Gasteiger partial charge in [-0.2, -0.15) is 0 Å². The Labute approximate surface area is 167 Å². The monoisotopic (exact) mass is 403 g/mol. The lowest BCUT2D eigenvalue weighted by molar-refractivity contribution is 0.0729. The zero-order chi connectivity index (χ0) is 19.0. The summed E-state index contributed by atoms with van der Waals surface area (Å²) in [4.78, 5) is 30.8. The second-order valence-corrected chi connectivity index (χ2v) is 7.87. The van der Waals surface area contributed by atoms with Crippen molar-refractivity contribution in [2.45, 2.75) is 44.3 Å². The fourth-order valence-electron chi connectivity index (χ4n) is 2.91. The number of carbonyl (C=O) groups excluding carboxylic acids is 2. The number of aromatic nitrogens is 1. The molecule has 0 saturated heterocycles. The SMILES string of the molecule is O=C(NC1CC1)c1ccc(CN(C(=O)c2cnc(Cl)c(Cl)c2)C2CC2)cc1. The Morgan fingerprint density at radius 1 is 1.07 bits per heavy atom. The van der Waals surface area contributed by atoms with Gasteiger partial charge in [0.25, 0.3) is 11.8 Å². The molecule has 0 bridgehead atoms. The van der Waals surface area contributed by atoms with Gasteiger partial charge < -0.3 is 10.2 Å². The van der Waals surface area contributed by atoms with Crippen LogP contribution in [0.2, 0.25) is 10.2 Å². The van der Waals surface area contributed by atoms with Crippen LogP contribution < -0.4 is 5.32 Å². The lowest BCUT2D eigenvalue weighted by Crippen LogP contribution is -2.32. The average Bonchev–Trinajstić information content (AvgIpc) is 3.56. The van der Waals surface area contributed by atoms with E-state index >= 15 is 0 Å². The molecule has 0 aliphatic heterocycles. The predicted octanol–water partition coefficient (Wildman–Crippen LogP) is 4.09. The van der Waals surface area contributed by atoms with Crippen molar-refractivity contribution in [1.29, 1.82) is 0 Å². The highest BCUT2D eigenvalue weighted by Gasteiger charge is 2.33. The molecule has 1 heterocycles. The Morgan fingerprint density at radius 3 is 2.37 bits per heavy atom. The standard InChI is InChI=1S/C20H19Cl2N3O2/c21-17-9-14(10-23-18(17)22)20(27)25(16-7-8-16)11-12-1-3-13(4-2-12)19(26)24-15-5-6-15/h1-4,9-10,15-16H,5-8,11H2,(H,24,26). The lowest BCUT2D eigenvalue weighted by atomic mass is 10.1. The molecule has 2 aliphatic carbocycles. The van der Waals surface area contributed by atoms with Crippen molar-refractivity contribution in [3.05, 3.63) is 63.4 Å². The van der Waals surface area contributed by atoms with E-state index in [4.69, 9.17) is 23.2 Å². The summed E-state index contributed by atoms with van der Waals surface area (Å²) >= 11 is 11.8. The first kappa shape index (κ1) is 18.3. The van der Waals surface area contributed by atoms with Gasteiger partial charge >= 0.3 is 0 Å². The van der Waals surface area contributed by atoms with Gasteiger partial charge in [-0.1, -0.05) is 35.3 Å².